The Morgan fingerprint density at radius 2 is 2.00 bits per heavy atom. The molecule has 0 bridgehead atoms. The van der Waals surface area contributed by atoms with Crippen LogP contribution in [-0.4, -0.2) is 17.7 Å². The molecule has 5 heteroatoms. The molecule has 112 valence electrons. The van der Waals surface area contributed by atoms with Crippen molar-refractivity contribution in [1.29, 1.82) is 0 Å². The molecule has 3 rings (SSSR count). The van der Waals surface area contributed by atoms with Gasteiger partial charge in [-0.05, 0) is 30.2 Å². The van der Waals surface area contributed by atoms with Crippen molar-refractivity contribution < 1.29 is 9.63 Å². The smallest absolute Gasteiger partial charge is 0.268 e. The number of amides is 1. The maximum atomic E-state index is 12.3. The van der Waals surface area contributed by atoms with Crippen LogP contribution >= 0.6 is 11.6 Å². The normalized spacial score (nSPS) is 16.8. The molecule has 22 heavy (non-hydrogen) atoms. The van der Waals surface area contributed by atoms with Crippen LogP contribution in [0.3, 0.4) is 0 Å². The molecule has 0 saturated heterocycles. The number of rotatable bonds is 3. The van der Waals surface area contributed by atoms with Crippen molar-refractivity contribution in [2.75, 3.05) is 5.32 Å². The number of hydrogen-bond donors (Lipinski definition) is 1. The number of carbonyl (C=O) groups excluding carboxylic acids is 1. The Labute approximate surface area is 133 Å². The number of oxime groups is 1. The van der Waals surface area contributed by atoms with Gasteiger partial charge in [0.05, 0.1) is 5.71 Å². The lowest BCUT2D eigenvalue weighted by Gasteiger charge is -2.12. The molecule has 1 N–H and O–H groups in total. The molecule has 1 atom stereocenters. The molecule has 0 saturated carbocycles. The maximum absolute atomic E-state index is 12.3. The molecule has 4 nitrogen and oxygen atoms in total. The Morgan fingerprint density at radius 1 is 1.23 bits per heavy atom. The third-order valence-corrected chi connectivity index (χ3v) is 4.00. The summed E-state index contributed by atoms with van der Waals surface area (Å²) >= 11 is 6.05. The summed E-state index contributed by atoms with van der Waals surface area (Å²) in [6.07, 6.45) is -0.163. The predicted molar refractivity (Wildman–Crippen MR) is 87.3 cm³/mol. The molecule has 0 aromatic heterocycles. The highest BCUT2D eigenvalue weighted by Gasteiger charge is 2.29. The Balaban J connectivity index is 1.67. The lowest BCUT2D eigenvalue weighted by Crippen LogP contribution is -2.28. The van der Waals surface area contributed by atoms with Crippen LogP contribution in [-0.2, 0) is 9.63 Å². The van der Waals surface area contributed by atoms with E-state index in [-0.39, 0.29) is 5.91 Å². The molecule has 0 fully saturated rings. The van der Waals surface area contributed by atoms with Crippen molar-refractivity contribution in [2.45, 2.75) is 19.4 Å². The third kappa shape index (κ3) is 2.97. The van der Waals surface area contributed by atoms with Crippen molar-refractivity contribution in [3.63, 3.8) is 0 Å². The van der Waals surface area contributed by atoms with Gasteiger partial charge in [0.15, 0.2) is 0 Å². The predicted octanol–water partition coefficient (Wildman–Crippen LogP) is 3.78. The van der Waals surface area contributed by atoms with Crippen molar-refractivity contribution >= 4 is 28.9 Å². The van der Waals surface area contributed by atoms with E-state index >= 15 is 0 Å². The number of carbonyl (C=O) groups is 1. The minimum absolute atomic E-state index is 0.222. The molecule has 0 spiro atoms. The van der Waals surface area contributed by atoms with Gasteiger partial charge in [-0.1, -0.05) is 53.2 Å². The van der Waals surface area contributed by atoms with Crippen LogP contribution in [0, 0.1) is 6.92 Å². The Kier molecular flexibility index (Phi) is 4.11. The Bertz CT molecular complexity index is 729. The summed E-state index contributed by atoms with van der Waals surface area (Å²) in [5.74, 6) is -0.222. The summed E-state index contributed by atoms with van der Waals surface area (Å²) in [7, 11) is 0. The second-order valence-corrected chi connectivity index (χ2v) is 5.51. The lowest BCUT2D eigenvalue weighted by atomic mass is 10.0. The van der Waals surface area contributed by atoms with Crippen LogP contribution in [0.15, 0.2) is 53.7 Å². The Morgan fingerprint density at radius 3 is 2.77 bits per heavy atom. The van der Waals surface area contributed by atoms with Gasteiger partial charge in [-0.2, -0.15) is 0 Å². The highest BCUT2D eigenvalue weighted by molar-refractivity contribution is 6.31. The molecule has 1 heterocycles. The number of halogens is 1. The van der Waals surface area contributed by atoms with E-state index in [0.29, 0.717) is 17.1 Å². The van der Waals surface area contributed by atoms with Crippen LogP contribution in [0.1, 0.15) is 17.5 Å². The van der Waals surface area contributed by atoms with Gasteiger partial charge in [0, 0.05) is 17.1 Å². The number of hydrogen-bond acceptors (Lipinski definition) is 3. The van der Waals surface area contributed by atoms with E-state index in [1.807, 2.05) is 43.3 Å². The van der Waals surface area contributed by atoms with Gasteiger partial charge in [0.1, 0.15) is 0 Å². The van der Waals surface area contributed by atoms with E-state index < -0.39 is 6.10 Å². The van der Waals surface area contributed by atoms with Gasteiger partial charge in [0.2, 0.25) is 6.10 Å². The molecule has 0 unspecified atom stereocenters. The zero-order valence-electron chi connectivity index (χ0n) is 12.0. The number of anilines is 1. The summed E-state index contributed by atoms with van der Waals surface area (Å²) in [5, 5.41) is 7.48. The molecule has 2 aromatic carbocycles. The number of nitrogens with one attached hydrogen (secondary N) is 1. The molecule has 1 amide bonds. The fourth-order valence-corrected chi connectivity index (χ4v) is 2.45. The zero-order chi connectivity index (χ0) is 15.5. The molecule has 0 radical (unpaired) electrons. The van der Waals surface area contributed by atoms with Crippen LogP contribution in [0.4, 0.5) is 5.69 Å². The maximum Gasteiger partial charge on any atom is 0.268 e. The topological polar surface area (TPSA) is 50.7 Å². The molecular weight excluding hydrogens is 300 g/mol. The largest absolute Gasteiger partial charge is 0.382 e. The average molecular weight is 315 g/mol. The fourth-order valence-electron chi connectivity index (χ4n) is 2.28. The summed E-state index contributed by atoms with van der Waals surface area (Å²) in [6, 6.07) is 15.1. The molecule has 1 aliphatic heterocycles. The highest BCUT2D eigenvalue weighted by atomic mass is 35.5. The number of benzene rings is 2. The van der Waals surface area contributed by atoms with Crippen LogP contribution in [0.25, 0.3) is 0 Å². The van der Waals surface area contributed by atoms with Gasteiger partial charge in [-0.3, -0.25) is 4.79 Å². The zero-order valence-corrected chi connectivity index (χ0v) is 12.8. The van der Waals surface area contributed by atoms with E-state index in [1.165, 1.54) is 0 Å². The first-order valence-corrected chi connectivity index (χ1v) is 7.37. The third-order valence-electron chi connectivity index (χ3n) is 3.59. The molecule has 1 aliphatic rings. The first kappa shape index (κ1) is 14.6. The summed E-state index contributed by atoms with van der Waals surface area (Å²) in [5.41, 5.74) is 3.27. The number of nitrogens with zero attached hydrogens (tertiary/aromatic N) is 1. The SMILES string of the molecule is Cc1c(Cl)cccc1NC(=O)[C@H]1CC(c2ccccc2)=NO1. The summed E-state index contributed by atoms with van der Waals surface area (Å²) in [6.45, 7) is 1.86. The van der Waals surface area contributed by atoms with Gasteiger partial charge in [-0.15, -0.1) is 0 Å². The minimum atomic E-state index is -0.617. The molecule has 0 aliphatic carbocycles. The van der Waals surface area contributed by atoms with Gasteiger partial charge in [0.25, 0.3) is 5.91 Å². The van der Waals surface area contributed by atoms with E-state index in [9.17, 15) is 4.79 Å². The van der Waals surface area contributed by atoms with Crippen LogP contribution < -0.4 is 5.32 Å². The van der Waals surface area contributed by atoms with E-state index in [2.05, 4.69) is 10.5 Å². The van der Waals surface area contributed by atoms with Gasteiger partial charge in [-0.25, -0.2) is 0 Å². The van der Waals surface area contributed by atoms with Gasteiger partial charge >= 0.3 is 0 Å². The first-order chi connectivity index (χ1) is 10.6. The van der Waals surface area contributed by atoms with E-state index in [4.69, 9.17) is 16.4 Å². The van der Waals surface area contributed by atoms with Crippen molar-refractivity contribution in [2.24, 2.45) is 5.16 Å². The van der Waals surface area contributed by atoms with Gasteiger partial charge < -0.3 is 10.2 Å². The highest BCUT2D eigenvalue weighted by Crippen LogP contribution is 2.24. The van der Waals surface area contributed by atoms with Crippen molar-refractivity contribution in [3.05, 3.63) is 64.7 Å². The van der Waals surface area contributed by atoms with E-state index in [1.54, 1.807) is 12.1 Å². The molecular formula is C17H15ClN2O2. The standard InChI is InChI=1S/C17H15ClN2O2/c1-11-13(18)8-5-9-14(11)19-17(21)16-10-15(20-22-16)12-6-3-2-4-7-12/h2-9,16H,10H2,1H3,(H,19,21)/t16-/m1/s1. The van der Waals surface area contributed by atoms with E-state index in [0.717, 1.165) is 16.8 Å². The van der Waals surface area contributed by atoms with Crippen molar-refractivity contribution in [1.82, 2.24) is 0 Å². The minimum Gasteiger partial charge on any atom is -0.382 e. The monoisotopic (exact) mass is 314 g/mol. The Hall–Kier alpha value is -2.33. The van der Waals surface area contributed by atoms with Crippen molar-refractivity contribution in [3.8, 4) is 0 Å². The van der Waals surface area contributed by atoms with Crippen LogP contribution in [0.2, 0.25) is 5.02 Å². The summed E-state index contributed by atoms with van der Waals surface area (Å²) in [4.78, 5) is 17.6. The average Bonchev–Trinajstić information content (AvgIpc) is 3.03. The second kappa shape index (κ2) is 6.20. The quantitative estimate of drug-likeness (QED) is 0.937. The fraction of sp³-hybridized carbons (Fsp3) is 0.176. The molecule has 2 aromatic rings. The van der Waals surface area contributed by atoms with Crippen LogP contribution in [0.5, 0.6) is 0 Å². The second-order valence-electron chi connectivity index (χ2n) is 5.10. The summed E-state index contributed by atoms with van der Waals surface area (Å²) < 4.78 is 0. The first-order valence-electron chi connectivity index (χ1n) is 6.99. The lowest BCUT2D eigenvalue weighted by molar-refractivity contribution is -0.125.